The van der Waals surface area contributed by atoms with Gasteiger partial charge in [-0.1, -0.05) is 11.8 Å². The van der Waals surface area contributed by atoms with Crippen LogP contribution in [0.2, 0.25) is 0 Å². The molecule has 4 N–H and O–H groups in total. The summed E-state index contributed by atoms with van der Waals surface area (Å²) in [5.41, 5.74) is 1.94. The van der Waals surface area contributed by atoms with E-state index in [0.717, 1.165) is 31.1 Å². The number of fused-ring (bicyclic) bond motifs is 2. The van der Waals surface area contributed by atoms with Crippen LogP contribution in [0.15, 0.2) is 52.2 Å². The van der Waals surface area contributed by atoms with Gasteiger partial charge in [0.25, 0.3) is 11.7 Å². The van der Waals surface area contributed by atoms with Gasteiger partial charge in [-0.25, -0.2) is 9.78 Å². The first-order valence-electron chi connectivity index (χ1n) is 14.7. The maximum absolute atomic E-state index is 13.2. The Hall–Kier alpha value is -3.57. The first-order valence-corrected chi connectivity index (χ1v) is 16.7. The van der Waals surface area contributed by atoms with E-state index in [1.54, 1.807) is 25.1 Å². The monoisotopic (exact) mass is 687 g/mol. The molecule has 17 heteroatoms. The number of carboxylic acid groups (broad SMARTS) is 1. The van der Waals surface area contributed by atoms with E-state index in [1.807, 2.05) is 4.90 Å². The molecule has 1 aliphatic carbocycles. The summed E-state index contributed by atoms with van der Waals surface area (Å²) in [7, 11) is 0. The third kappa shape index (κ3) is 6.48. The number of carbonyl (C=O) groups excluding carboxylic acids is 3. The maximum atomic E-state index is 13.2. The first kappa shape index (κ1) is 33.3. The molecule has 0 spiro atoms. The Morgan fingerprint density at radius 3 is 2.68 bits per heavy atom. The van der Waals surface area contributed by atoms with Gasteiger partial charge in [0.05, 0.1) is 5.75 Å². The summed E-state index contributed by atoms with van der Waals surface area (Å²) in [6.07, 6.45) is 4.44. The fraction of sp³-hybridized carbons (Fsp3) is 0.367. The predicted octanol–water partition coefficient (Wildman–Crippen LogP) is -0.973. The molecule has 2 saturated heterocycles. The normalized spacial score (nSPS) is 21.6. The number of thioether (sulfide) groups is 2. The van der Waals surface area contributed by atoms with E-state index < -0.39 is 29.2 Å². The van der Waals surface area contributed by atoms with Gasteiger partial charge in [-0.3, -0.25) is 19.3 Å². The van der Waals surface area contributed by atoms with Crippen molar-refractivity contribution in [2.75, 3.05) is 24.6 Å². The Kier molecular flexibility index (Phi) is 9.32. The van der Waals surface area contributed by atoms with Crippen molar-refractivity contribution in [3.8, 4) is 22.9 Å². The van der Waals surface area contributed by atoms with Crippen LogP contribution in [0.3, 0.4) is 0 Å². The zero-order valence-electron chi connectivity index (χ0n) is 26.5. The van der Waals surface area contributed by atoms with E-state index in [-0.39, 0.29) is 77.2 Å². The summed E-state index contributed by atoms with van der Waals surface area (Å²) in [4.78, 5) is 63.2. The summed E-state index contributed by atoms with van der Waals surface area (Å²) >= 11 is 2.52. The topological polar surface area (TPSA) is 191 Å². The van der Waals surface area contributed by atoms with Crippen LogP contribution >= 0.6 is 23.5 Å². The molecular formula is C30H30N7NaO7S2. The van der Waals surface area contributed by atoms with Crippen molar-refractivity contribution in [3.05, 3.63) is 52.9 Å². The Labute approximate surface area is 300 Å². The Balaban J connectivity index is 0.00000225. The number of phenolic OH excluding ortho intramolecular Hbond substituents is 2. The molecule has 0 radical (unpaired) electrons. The van der Waals surface area contributed by atoms with Crippen LogP contribution < -0.4 is 34.9 Å². The molecule has 2 atom stereocenters. The van der Waals surface area contributed by atoms with Gasteiger partial charge in [0, 0.05) is 35.7 Å². The molecule has 0 unspecified atom stereocenters. The minimum Gasteiger partial charge on any atom is -1.00 e. The number of aromatic hydroxyl groups is 2. The molecule has 1 aromatic carbocycles. The molecule has 3 fully saturated rings. The van der Waals surface area contributed by atoms with E-state index in [1.165, 1.54) is 33.3 Å². The number of benzene rings is 1. The Morgan fingerprint density at radius 1 is 1.17 bits per heavy atom. The van der Waals surface area contributed by atoms with E-state index >= 15 is 0 Å². The van der Waals surface area contributed by atoms with Crippen LogP contribution in [0.1, 0.15) is 26.4 Å². The Morgan fingerprint density at radius 2 is 1.96 bits per heavy atom. The summed E-state index contributed by atoms with van der Waals surface area (Å²) in [5, 5.41) is 36.7. The van der Waals surface area contributed by atoms with Gasteiger partial charge in [0.1, 0.15) is 22.1 Å². The maximum Gasteiger partial charge on any atom is 1.00 e. The minimum absolute atomic E-state index is 0. The first-order chi connectivity index (χ1) is 22.1. The van der Waals surface area contributed by atoms with Gasteiger partial charge in [0.15, 0.2) is 17.3 Å². The largest absolute Gasteiger partial charge is 1.00 e. The van der Waals surface area contributed by atoms with Crippen molar-refractivity contribution in [2.45, 2.75) is 42.6 Å². The molecule has 47 heavy (non-hydrogen) atoms. The summed E-state index contributed by atoms with van der Waals surface area (Å²) < 4.78 is 1.47. The van der Waals surface area contributed by atoms with Crippen molar-refractivity contribution in [1.82, 2.24) is 34.7 Å². The van der Waals surface area contributed by atoms with Crippen LogP contribution in [0.5, 0.6) is 11.5 Å². The fourth-order valence-electron chi connectivity index (χ4n) is 5.75. The minimum atomic E-state index is -1.25. The van der Waals surface area contributed by atoms with E-state index in [4.69, 9.17) is 0 Å². The predicted molar refractivity (Wildman–Crippen MR) is 168 cm³/mol. The third-order valence-corrected chi connectivity index (χ3v) is 10.5. The SMILES string of the molecule is Cc1cc(SCC(=O)N[C@@H]2C(=O)N3C(C(=O)O)=C(/C=C4\CCN(CC5CC5)C4=O)CS[C@H]23)n2nc(-c3ccc(O)c(O)c3)nc2n1.[H-].[Na+]. The molecule has 7 rings (SSSR count). The van der Waals surface area contributed by atoms with E-state index in [2.05, 4.69) is 20.4 Å². The van der Waals surface area contributed by atoms with Gasteiger partial charge >= 0.3 is 35.5 Å². The average Bonchev–Trinajstić information content (AvgIpc) is 3.65. The van der Waals surface area contributed by atoms with Crippen molar-refractivity contribution in [3.63, 3.8) is 0 Å². The molecule has 2 aromatic heterocycles. The zero-order chi connectivity index (χ0) is 32.3. The molecule has 3 amide bonds. The summed E-state index contributed by atoms with van der Waals surface area (Å²) in [5.74, 6) is -1.51. The summed E-state index contributed by atoms with van der Waals surface area (Å²) in [6, 6.07) is 5.08. The van der Waals surface area contributed by atoms with Gasteiger partial charge in [-0.05, 0) is 68.0 Å². The number of hydrogen-bond acceptors (Lipinski definition) is 11. The second-order valence-corrected chi connectivity index (χ2v) is 13.7. The van der Waals surface area contributed by atoms with Crippen molar-refractivity contribution < 1.29 is 65.5 Å². The third-order valence-electron chi connectivity index (χ3n) is 8.25. The van der Waals surface area contributed by atoms with Crippen molar-refractivity contribution in [2.24, 2.45) is 5.92 Å². The van der Waals surface area contributed by atoms with Crippen LogP contribution in [-0.4, -0.2) is 104 Å². The van der Waals surface area contributed by atoms with E-state index in [9.17, 15) is 34.5 Å². The molecule has 1 saturated carbocycles. The molecule has 240 valence electrons. The number of aryl methyl sites for hydroxylation is 1. The number of amides is 3. The quantitative estimate of drug-likeness (QED) is 0.0539. The van der Waals surface area contributed by atoms with Crippen LogP contribution in [-0.2, 0) is 19.2 Å². The number of carbonyl (C=O) groups is 4. The molecule has 0 bridgehead atoms. The number of likely N-dealkylation sites (tertiary alicyclic amines) is 1. The number of carboxylic acids is 1. The second-order valence-electron chi connectivity index (χ2n) is 11.6. The van der Waals surface area contributed by atoms with Gasteiger partial charge < -0.3 is 27.0 Å². The standard InChI is InChI=1S/C30H29N7O7S2.Na.H/c1-14-8-22(37-30(31-14)33-25(34-37)16-4-5-19(38)20(39)10-16)45-13-21(40)32-23-27(42)36-24(29(43)44)18(12-46-28(23)36)9-17-6-7-35(26(17)41)11-15-2-3-15;;/h4-5,8-10,15,23,28,38-39H,2-3,6-7,11-13H2,1H3,(H,32,40)(H,43,44);;/q;+1;-1/b17-9+;;/t23-,28-;;/m1../s1. The molecule has 3 aliphatic heterocycles. The molecular weight excluding hydrogens is 657 g/mol. The molecule has 14 nitrogen and oxygen atoms in total. The number of rotatable bonds is 9. The zero-order valence-corrected chi connectivity index (χ0v) is 29.2. The van der Waals surface area contributed by atoms with E-state index in [0.29, 0.717) is 46.3 Å². The summed E-state index contributed by atoms with van der Waals surface area (Å²) in [6.45, 7) is 3.13. The number of aliphatic carboxylic acids is 1. The number of nitrogens with one attached hydrogen (secondary N) is 1. The number of hydrogen-bond donors (Lipinski definition) is 4. The molecule has 5 heterocycles. The van der Waals surface area contributed by atoms with Crippen LogP contribution in [0.25, 0.3) is 17.2 Å². The van der Waals surface area contributed by atoms with Crippen molar-refractivity contribution >= 4 is 53.0 Å². The molecule has 3 aromatic rings. The van der Waals surface area contributed by atoms with Crippen molar-refractivity contribution in [1.29, 1.82) is 0 Å². The number of β-lactam (4-membered cyclic amide) rings is 1. The van der Waals surface area contributed by atoms with Gasteiger partial charge in [-0.15, -0.1) is 16.9 Å². The molecule has 4 aliphatic rings. The number of allylic oxidation sites excluding steroid dienone is 1. The van der Waals surface area contributed by atoms with Gasteiger partial charge in [0.2, 0.25) is 11.8 Å². The smallest absolute Gasteiger partial charge is 1.00 e. The number of nitrogens with zero attached hydrogens (tertiary/aromatic N) is 6. The van der Waals surface area contributed by atoms with Crippen LogP contribution in [0, 0.1) is 12.8 Å². The fourth-order valence-corrected chi connectivity index (χ4v) is 7.91. The second kappa shape index (κ2) is 13.1. The number of aromatic nitrogens is 4. The average molecular weight is 688 g/mol. The van der Waals surface area contributed by atoms with Crippen LogP contribution in [0.4, 0.5) is 0 Å². The van der Waals surface area contributed by atoms with Gasteiger partial charge in [-0.2, -0.15) is 9.50 Å². The Bertz CT molecular complexity index is 1900. The number of phenols is 2.